The molecule has 0 saturated heterocycles. The number of rotatable bonds is 4. The SMILES string of the molecule is CNS(=O)(=O)c1cc(NC2CCC(C)C(C)C2)ccc1C. The van der Waals surface area contributed by atoms with Gasteiger partial charge in [-0.25, -0.2) is 13.1 Å². The van der Waals surface area contributed by atoms with Gasteiger partial charge in [0.15, 0.2) is 0 Å². The van der Waals surface area contributed by atoms with Crippen molar-refractivity contribution in [1.82, 2.24) is 4.72 Å². The van der Waals surface area contributed by atoms with E-state index in [9.17, 15) is 8.42 Å². The third kappa shape index (κ3) is 3.77. The normalized spacial score (nSPS) is 26.6. The second-order valence-electron chi connectivity index (χ2n) is 6.30. The van der Waals surface area contributed by atoms with Crippen molar-refractivity contribution in [2.45, 2.75) is 51.0 Å². The highest BCUT2D eigenvalue weighted by Gasteiger charge is 2.24. The molecule has 4 nitrogen and oxygen atoms in total. The van der Waals surface area contributed by atoms with E-state index in [1.54, 1.807) is 6.07 Å². The lowest BCUT2D eigenvalue weighted by Gasteiger charge is -2.33. The molecule has 1 aromatic rings. The highest BCUT2D eigenvalue weighted by atomic mass is 32.2. The van der Waals surface area contributed by atoms with Crippen LogP contribution in [-0.2, 0) is 10.0 Å². The van der Waals surface area contributed by atoms with Crippen LogP contribution in [0.25, 0.3) is 0 Å². The van der Waals surface area contributed by atoms with Crippen LogP contribution in [-0.4, -0.2) is 21.5 Å². The van der Waals surface area contributed by atoms with Crippen molar-refractivity contribution < 1.29 is 8.42 Å². The second kappa shape index (κ2) is 6.36. The number of anilines is 1. The van der Waals surface area contributed by atoms with E-state index in [2.05, 4.69) is 23.9 Å². The molecule has 3 atom stereocenters. The summed E-state index contributed by atoms with van der Waals surface area (Å²) in [5, 5.41) is 3.50. The quantitative estimate of drug-likeness (QED) is 0.898. The fraction of sp³-hybridized carbons (Fsp3) is 0.625. The number of sulfonamides is 1. The Balaban J connectivity index is 2.17. The van der Waals surface area contributed by atoms with Gasteiger partial charge in [-0.2, -0.15) is 0 Å². The highest BCUT2D eigenvalue weighted by molar-refractivity contribution is 7.89. The molecule has 0 aromatic heterocycles. The molecule has 2 rings (SSSR count). The van der Waals surface area contributed by atoms with Crippen molar-refractivity contribution in [3.63, 3.8) is 0 Å². The zero-order valence-electron chi connectivity index (χ0n) is 13.3. The Morgan fingerprint density at radius 3 is 2.48 bits per heavy atom. The van der Waals surface area contributed by atoms with Gasteiger partial charge in [0.2, 0.25) is 10.0 Å². The third-order valence-electron chi connectivity index (χ3n) is 4.72. The number of nitrogens with one attached hydrogen (secondary N) is 2. The first kappa shape index (κ1) is 16.3. The summed E-state index contributed by atoms with van der Waals surface area (Å²) in [5.41, 5.74) is 1.65. The average molecular weight is 310 g/mol. The van der Waals surface area contributed by atoms with Gasteiger partial charge in [0.25, 0.3) is 0 Å². The van der Waals surface area contributed by atoms with Crippen LogP contribution in [0.1, 0.15) is 38.7 Å². The van der Waals surface area contributed by atoms with E-state index in [0.29, 0.717) is 16.9 Å². The van der Waals surface area contributed by atoms with Crippen LogP contribution in [0.4, 0.5) is 5.69 Å². The molecule has 0 aliphatic heterocycles. The van der Waals surface area contributed by atoms with Crippen molar-refractivity contribution in [2.75, 3.05) is 12.4 Å². The summed E-state index contributed by atoms with van der Waals surface area (Å²) in [5.74, 6) is 1.49. The topological polar surface area (TPSA) is 58.2 Å². The Kier molecular flexibility index (Phi) is 4.94. The molecule has 1 aromatic carbocycles. The summed E-state index contributed by atoms with van der Waals surface area (Å²) in [6.45, 7) is 6.42. The van der Waals surface area contributed by atoms with E-state index < -0.39 is 10.0 Å². The Morgan fingerprint density at radius 1 is 1.14 bits per heavy atom. The predicted octanol–water partition coefficient (Wildman–Crippen LogP) is 3.14. The van der Waals surface area contributed by atoms with Gasteiger partial charge >= 0.3 is 0 Å². The lowest BCUT2D eigenvalue weighted by molar-refractivity contribution is 0.261. The van der Waals surface area contributed by atoms with E-state index in [-0.39, 0.29) is 0 Å². The van der Waals surface area contributed by atoms with E-state index in [1.807, 2.05) is 19.1 Å². The first-order valence-electron chi connectivity index (χ1n) is 7.64. The van der Waals surface area contributed by atoms with Crippen molar-refractivity contribution in [1.29, 1.82) is 0 Å². The molecule has 1 saturated carbocycles. The van der Waals surface area contributed by atoms with Crippen molar-refractivity contribution >= 4 is 15.7 Å². The molecule has 1 aliphatic carbocycles. The molecule has 5 heteroatoms. The summed E-state index contributed by atoms with van der Waals surface area (Å²) >= 11 is 0. The van der Waals surface area contributed by atoms with Gasteiger partial charge in [-0.05, 0) is 62.8 Å². The average Bonchev–Trinajstić information content (AvgIpc) is 2.45. The minimum atomic E-state index is -3.40. The van der Waals surface area contributed by atoms with Crippen LogP contribution < -0.4 is 10.0 Å². The maximum atomic E-state index is 12.0. The van der Waals surface area contributed by atoms with E-state index in [1.165, 1.54) is 13.5 Å². The molecule has 118 valence electrons. The smallest absolute Gasteiger partial charge is 0.240 e. The van der Waals surface area contributed by atoms with E-state index in [4.69, 9.17) is 0 Å². The number of benzene rings is 1. The van der Waals surface area contributed by atoms with Gasteiger partial charge < -0.3 is 5.32 Å². The Labute approximate surface area is 128 Å². The lowest BCUT2D eigenvalue weighted by Crippen LogP contribution is -2.30. The first-order chi connectivity index (χ1) is 9.83. The fourth-order valence-electron chi connectivity index (χ4n) is 3.00. The zero-order chi connectivity index (χ0) is 15.6. The van der Waals surface area contributed by atoms with Crippen LogP contribution in [0.5, 0.6) is 0 Å². The largest absolute Gasteiger partial charge is 0.382 e. The van der Waals surface area contributed by atoms with E-state index in [0.717, 1.165) is 30.0 Å². The highest BCUT2D eigenvalue weighted by Crippen LogP contribution is 2.31. The Morgan fingerprint density at radius 2 is 1.86 bits per heavy atom. The zero-order valence-corrected chi connectivity index (χ0v) is 14.1. The molecule has 0 spiro atoms. The molecule has 0 bridgehead atoms. The van der Waals surface area contributed by atoms with Crippen LogP contribution in [0.2, 0.25) is 0 Å². The van der Waals surface area contributed by atoms with Gasteiger partial charge in [0, 0.05) is 11.7 Å². The van der Waals surface area contributed by atoms with Gasteiger partial charge in [0.1, 0.15) is 0 Å². The van der Waals surface area contributed by atoms with Crippen LogP contribution in [0, 0.1) is 18.8 Å². The Hall–Kier alpha value is -1.07. The van der Waals surface area contributed by atoms with E-state index >= 15 is 0 Å². The summed E-state index contributed by atoms with van der Waals surface area (Å²) in [6.07, 6.45) is 3.52. The summed E-state index contributed by atoms with van der Waals surface area (Å²) in [6, 6.07) is 6.00. The van der Waals surface area contributed by atoms with Crippen molar-refractivity contribution in [2.24, 2.45) is 11.8 Å². The molecular weight excluding hydrogens is 284 g/mol. The van der Waals surface area contributed by atoms with Gasteiger partial charge in [-0.1, -0.05) is 19.9 Å². The molecule has 0 heterocycles. The number of hydrogen-bond acceptors (Lipinski definition) is 3. The van der Waals surface area contributed by atoms with Gasteiger partial charge in [-0.3, -0.25) is 0 Å². The molecular formula is C16H26N2O2S. The number of hydrogen-bond donors (Lipinski definition) is 2. The molecule has 21 heavy (non-hydrogen) atoms. The lowest BCUT2D eigenvalue weighted by atomic mass is 9.79. The van der Waals surface area contributed by atoms with Crippen LogP contribution in [0.15, 0.2) is 23.1 Å². The van der Waals surface area contributed by atoms with Crippen molar-refractivity contribution in [3.8, 4) is 0 Å². The predicted molar refractivity (Wildman–Crippen MR) is 87.0 cm³/mol. The molecule has 0 radical (unpaired) electrons. The first-order valence-corrected chi connectivity index (χ1v) is 9.12. The minimum absolute atomic E-state index is 0.354. The van der Waals surface area contributed by atoms with Crippen LogP contribution in [0.3, 0.4) is 0 Å². The molecule has 3 unspecified atom stereocenters. The van der Waals surface area contributed by atoms with Crippen LogP contribution >= 0.6 is 0 Å². The molecule has 1 aliphatic rings. The summed E-state index contributed by atoms with van der Waals surface area (Å²) in [7, 11) is -1.96. The fourth-order valence-corrected chi connectivity index (χ4v) is 4.00. The minimum Gasteiger partial charge on any atom is -0.382 e. The maximum Gasteiger partial charge on any atom is 0.240 e. The van der Waals surface area contributed by atoms with Gasteiger partial charge in [-0.15, -0.1) is 0 Å². The Bertz CT molecular complexity index is 598. The second-order valence-corrected chi connectivity index (χ2v) is 8.15. The van der Waals surface area contributed by atoms with Crippen molar-refractivity contribution in [3.05, 3.63) is 23.8 Å². The molecule has 2 N–H and O–H groups in total. The monoisotopic (exact) mass is 310 g/mol. The molecule has 0 amide bonds. The number of aryl methyl sites for hydroxylation is 1. The molecule has 1 fully saturated rings. The third-order valence-corrected chi connectivity index (χ3v) is 6.27. The standard InChI is InChI=1S/C16H26N2O2S/c1-11-5-7-14(9-13(11)3)18-15-8-6-12(2)16(10-15)21(19,20)17-4/h6,8,10-11,13-14,17-18H,5,7,9H2,1-4H3. The summed E-state index contributed by atoms with van der Waals surface area (Å²) < 4.78 is 26.4. The van der Waals surface area contributed by atoms with Gasteiger partial charge in [0.05, 0.1) is 4.90 Å². The summed E-state index contributed by atoms with van der Waals surface area (Å²) in [4.78, 5) is 0.354. The maximum absolute atomic E-state index is 12.0.